The van der Waals surface area contributed by atoms with Crippen LogP contribution < -0.4 is 5.32 Å². The number of amides is 1. The molecule has 2 aromatic carbocycles. The largest absolute Gasteiger partial charge is 0.380 e. The molecule has 0 spiro atoms. The molecule has 0 aliphatic heterocycles. The first-order valence-electron chi connectivity index (χ1n) is 9.14. The second kappa shape index (κ2) is 8.44. The highest BCUT2D eigenvalue weighted by Gasteiger charge is 2.19. The summed E-state index contributed by atoms with van der Waals surface area (Å²) < 4.78 is 7.26. The Morgan fingerprint density at radius 3 is 2.67 bits per heavy atom. The molecule has 0 aliphatic rings. The molecule has 0 aliphatic carbocycles. The van der Waals surface area contributed by atoms with Gasteiger partial charge >= 0.3 is 0 Å². The number of ether oxygens (including phenoxy) is 1. The average molecular weight is 441 g/mol. The SMILES string of the molecule is COCc1cnc2c(NC(=O)c3c(Cl)cccc3Cl)cc(C)cc2c1-n1ccnc1. The van der Waals surface area contributed by atoms with Crippen molar-refractivity contribution in [2.24, 2.45) is 0 Å². The summed E-state index contributed by atoms with van der Waals surface area (Å²) in [6, 6.07) is 8.84. The Morgan fingerprint density at radius 2 is 2.00 bits per heavy atom. The zero-order valence-electron chi connectivity index (χ0n) is 16.3. The molecule has 0 atom stereocenters. The summed E-state index contributed by atoms with van der Waals surface area (Å²) in [4.78, 5) is 21.7. The molecule has 0 fully saturated rings. The number of hydrogen-bond donors (Lipinski definition) is 1. The number of nitrogens with one attached hydrogen (secondary N) is 1. The van der Waals surface area contributed by atoms with E-state index in [4.69, 9.17) is 27.9 Å². The zero-order chi connectivity index (χ0) is 21.3. The first-order chi connectivity index (χ1) is 14.5. The Labute approximate surface area is 183 Å². The summed E-state index contributed by atoms with van der Waals surface area (Å²) in [6.45, 7) is 2.35. The number of carbonyl (C=O) groups is 1. The molecule has 1 amide bonds. The van der Waals surface area contributed by atoms with E-state index in [0.717, 1.165) is 22.2 Å². The number of hydrogen-bond acceptors (Lipinski definition) is 4. The predicted molar refractivity (Wildman–Crippen MR) is 119 cm³/mol. The molecule has 0 bridgehead atoms. The first-order valence-corrected chi connectivity index (χ1v) is 9.90. The van der Waals surface area contributed by atoms with Gasteiger partial charge < -0.3 is 14.6 Å². The van der Waals surface area contributed by atoms with Crippen LogP contribution in [-0.4, -0.2) is 27.6 Å². The summed E-state index contributed by atoms with van der Waals surface area (Å²) in [5.74, 6) is -0.399. The van der Waals surface area contributed by atoms with Gasteiger partial charge in [0, 0.05) is 36.7 Å². The molecular weight excluding hydrogens is 423 g/mol. The van der Waals surface area contributed by atoms with Crippen LogP contribution in [0, 0.1) is 6.92 Å². The lowest BCUT2D eigenvalue weighted by Gasteiger charge is -2.16. The molecule has 4 rings (SSSR count). The van der Waals surface area contributed by atoms with E-state index in [9.17, 15) is 4.79 Å². The van der Waals surface area contributed by atoms with Crippen LogP contribution in [0.4, 0.5) is 5.69 Å². The maximum atomic E-state index is 13.0. The minimum atomic E-state index is -0.399. The number of aryl methyl sites for hydroxylation is 1. The highest BCUT2D eigenvalue weighted by molar-refractivity contribution is 6.40. The lowest BCUT2D eigenvalue weighted by Crippen LogP contribution is -2.14. The third-order valence-electron chi connectivity index (χ3n) is 4.66. The van der Waals surface area contributed by atoms with Gasteiger partial charge in [-0.15, -0.1) is 0 Å². The molecule has 0 unspecified atom stereocenters. The van der Waals surface area contributed by atoms with E-state index >= 15 is 0 Å². The number of benzene rings is 2. The normalized spacial score (nSPS) is 11.1. The molecule has 1 N–H and O–H groups in total. The minimum absolute atomic E-state index is 0.223. The molecule has 0 saturated carbocycles. The van der Waals surface area contributed by atoms with Gasteiger partial charge in [-0.05, 0) is 36.8 Å². The number of fused-ring (bicyclic) bond motifs is 1. The van der Waals surface area contributed by atoms with Crippen molar-refractivity contribution >= 4 is 45.7 Å². The summed E-state index contributed by atoms with van der Waals surface area (Å²) in [6.07, 6.45) is 7.03. The van der Waals surface area contributed by atoms with Crippen LogP contribution in [0.15, 0.2) is 55.2 Å². The van der Waals surface area contributed by atoms with Gasteiger partial charge in [0.2, 0.25) is 0 Å². The van der Waals surface area contributed by atoms with Crippen molar-refractivity contribution in [1.29, 1.82) is 0 Å². The van der Waals surface area contributed by atoms with E-state index in [2.05, 4.69) is 15.3 Å². The summed E-state index contributed by atoms with van der Waals surface area (Å²) in [5, 5.41) is 4.35. The lowest BCUT2D eigenvalue weighted by molar-refractivity contribution is 0.102. The van der Waals surface area contributed by atoms with Gasteiger partial charge in [-0.3, -0.25) is 9.78 Å². The number of imidazole rings is 1. The number of rotatable bonds is 5. The Morgan fingerprint density at radius 1 is 1.23 bits per heavy atom. The minimum Gasteiger partial charge on any atom is -0.380 e. The number of aromatic nitrogens is 3. The third-order valence-corrected chi connectivity index (χ3v) is 5.29. The number of halogens is 2. The van der Waals surface area contributed by atoms with E-state index in [-0.39, 0.29) is 15.6 Å². The lowest BCUT2D eigenvalue weighted by atomic mass is 10.0. The highest BCUT2D eigenvalue weighted by atomic mass is 35.5. The molecule has 152 valence electrons. The number of anilines is 1. The van der Waals surface area contributed by atoms with Crippen molar-refractivity contribution in [3.8, 4) is 5.69 Å². The molecule has 2 heterocycles. The van der Waals surface area contributed by atoms with Crippen molar-refractivity contribution in [1.82, 2.24) is 14.5 Å². The van der Waals surface area contributed by atoms with Crippen molar-refractivity contribution in [3.05, 3.63) is 82.0 Å². The molecule has 6 nitrogen and oxygen atoms in total. The van der Waals surface area contributed by atoms with Crippen LogP contribution in [-0.2, 0) is 11.3 Å². The van der Waals surface area contributed by atoms with Crippen molar-refractivity contribution in [2.75, 3.05) is 12.4 Å². The van der Waals surface area contributed by atoms with E-state index in [1.807, 2.05) is 29.8 Å². The van der Waals surface area contributed by atoms with Gasteiger partial charge in [0.1, 0.15) is 0 Å². The van der Waals surface area contributed by atoms with Crippen LogP contribution in [0.5, 0.6) is 0 Å². The number of nitrogens with zero attached hydrogens (tertiary/aromatic N) is 3. The van der Waals surface area contributed by atoms with Crippen molar-refractivity contribution in [3.63, 3.8) is 0 Å². The van der Waals surface area contributed by atoms with Crippen LogP contribution in [0.2, 0.25) is 10.0 Å². The fraction of sp³-hybridized carbons (Fsp3) is 0.136. The summed E-state index contributed by atoms with van der Waals surface area (Å²) >= 11 is 12.4. The Hall–Kier alpha value is -2.93. The van der Waals surface area contributed by atoms with Crippen LogP contribution >= 0.6 is 23.2 Å². The number of carbonyl (C=O) groups excluding carboxylic acids is 1. The van der Waals surface area contributed by atoms with Gasteiger partial charge in [0.25, 0.3) is 5.91 Å². The third kappa shape index (κ3) is 3.77. The monoisotopic (exact) mass is 440 g/mol. The van der Waals surface area contributed by atoms with Crippen molar-refractivity contribution < 1.29 is 9.53 Å². The van der Waals surface area contributed by atoms with Gasteiger partial charge in [0.05, 0.1) is 45.4 Å². The molecule has 4 aromatic rings. The van der Waals surface area contributed by atoms with Gasteiger partial charge in [0.15, 0.2) is 0 Å². The molecule has 0 saturated heterocycles. The van der Waals surface area contributed by atoms with Crippen LogP contribution in [0.3, 0.4) is 0 Å². The van der Waals surface area contributed by atoms with Crippen molar-refractivity contribution in [2.45, 2.75) is 13.5 Å². The molecule has 30 heavy (non-hydrogen) atoms. The molecule has 8 heteroatoms. The maximum Gasteiger partial charge on any atom is 0.258 e. The quantitative estimate of drug-likeness (QED) is 0.448. The second-order valence-electron chi connectivity index (χ2n) is 6.79. The molecule has 2 aromatic heterocycles. The van der Waals surface area contributed by atoms with Crippen LogP contribution in [0.1, 0.15) is 21.5 Å². The molecular formula is C22H18Cl2N4O2. The number of pyridine rings is 1. The maximum absolute atomic E-state index is 13.0. The van der Waals surface area contributed by atoms with Gasteiger partial charge in [-0.2, -0.15) is 0 Å². The number of methoxy groups -OCH3 is 1. The smallest absolute Gasteiger partial charge is 0.258 e. The van der Waals surface area contributed by atoms with E-state index in [1.54, 1.807) is 44.0 Å². The highest BCUT2D eigenvalue weighted by Crippen LogP contribution is 2.32. The fourth-order valence-electron chi connectivity index (χ4n) is 3.43. The van der Waals surface area contributed by atoms with Crippen LogP contribution in [0.25, 0.3) is 16.6 Å². The van der Waals surface area contributed by atoms with E-state index in [0.29, 0.717) is 17.8 Å². The standard InChI is InChI=1S/C22H18Cl2N4O2/c1-13-8-15-20(26-10-14(11-30-2)21(15)28-7-6-25-12-28)18(9-13)27-22(29)19-16(23)4-3-5-17(19)24/h3-10,12H,11H2,1-2H3,(H,27,29). The Balaban J connectivity index is 1.88. The Kier molecular flexibility index (Phi) is 5.72. The van der Waals surface area contributed by atoms with E-state index < -0.39 is 5.91 Å². The first kappa shape index (κ1) is 20.3. The van der Waals surface area contributed by atoms with Gasteiger partial charge in [-0.25, -0.2) is 4.98 Å². The average Bonchev–Trinajstić information content (AvgIpc) is 3.22. The summed E-state index contributed by atoms with van der Waals surface area (Å²) in [7, 11) is 1.64. The summed E-state index contributed by atoms with van der Waals surface area (Å²) in [5.41, 5.74) is 4.19. The van der Waals surface area contributed by atoms with Gasteiger partial charge in [-0.1, -0.05) is 29.3 Å². The zero-order valence-corrected chi connectivity index (χ0v) is 17.8. The van der Waals surface area contributed by atoms with E-state index in [1.165, 1.54) is 0 Å². The Bertz CT molecular complexity index is 1220. The molecule has 0 radical (unpaired) electrons. The fourth-order valence-corrected chi connectivity index (χ4v) is 4.00. The topological polar surface area (TPSA) is 69.0 Å². The second-order valence-corrected chi connectivity index (χ2v) is 7.61. The predicted octanol–water partition coefficient (Wildman–Crippen LogP) is 5.43.